The van der Waals surface area contributed by atoms with Gasteiger partial charge < -0.3 is 18.9 Å². The lowest BCUT2D eigenvalue weighted by atomic mass is 10.1. The summed E-state index contributed by atoms with van der Waals surface area (Å²) in [5, 5.41) is 0. The van der Waals surface area contributed by atoms with E-state index in [4.69, 9.17) is 18.9 Å². The Morgan fingerprint density at radius 1 is 0.488 bits per heavy atom. The van der Waals surface area contributed by atoms with E-state index in [1.165, 1.54) is 0 Å². The fraction of sp³-hybridized carbons (Fsp3) is 0.680. The van der Waals surface area contributed by atoms with E-state index in [2.05, 4.69) is 0 Å². The molecule has 0 saturated carbocycles. The van der Waals surface area contributed by atoms with Gasteiger partial charge in [-0.2, -0.15) is 0 Å². The number of esters is 4. The Bertz CT molecular complexity index is 1010. The average Bonchev–Trinajstić information content (AvgIpc) is 3.75. The van der Waals surface area contributed by atoms with Crippen LogP contribution in [-0.2, 0) is 57.3 Å². The number of ether oxygens (including phenoxy) is 4. The third-order valence-electron chi connectivity index (χ3n) is 8.09. The van der Waals surface area contributed by atoms with Crippen LogP contribution in [0.4, 0.5) is 0 Å². The number of carbonyl (C=O) groups is 8. The lowest BCUT2D eigenvalue weighted by Gasteiger charge is -2.56. The molecule has 0 N–H and O–H groups in total. The van der Waals surface area contributed by atoms with Gasteiger partial charge in [-0.1, -0.05) is 0 Å². The molecule has 0 aromatic rings. The summed E-state index contributed by atoms with van der Waals surface area (Å²) < 4.78 is 19.3. The number of hydrogen-bond donors (Lipinski definition) is 0. The van der Waals surface area contributed by atoms with Gasteiger partial charge in [0.05, 0.1) is 52.1 Å². The molecule has 4 amide bonds. The van der Waals surface area contributed by atoms with E-state index in [0.717, 1.165) is 48.0 Å². The standard InChI is InChI=1S/C25H32N4O12/c1-38-21(34)13-5-17(30)26(9-13)25(27-10-14(6-18(27)31)22(35)39-2,28-11-15(7-19(28)32)23(36)40-3)29-12-16(8-20(29)33)24(37)41-4/h13-16H,5-12H2,1-4H3. The molecule has 0 aromatic heterocycles. The Balaban J connectivity index is 1.93. The zero-order valence-corrected chi connectivity index (χ0v) is 23.2. The molecule has 4 aliphatic heterocycles. The maximum Gasteiger partial charge on any atom is 0.310 e. The minimum atomic E-state index is -2.33. The minimum Gasteiger partial charge on any atom is -0.469 e. The highest BCUT2D eigenvalue weighted by Crippen LogP contribution is 2.44. The van der Waals surface area contributed by atoms with Crippen molar-refractivity contribution >= 4 is 47.5 Å². The number of carbonyl (C=O) groups excluding carboxylic acids is 8. The molecule has 16 heteroatoms. The van der Waals surface area contributed by atoms with Gasteiger partial charge in [-0.15, -0.1) is 0 Å². The number of methoxy groups -OCH3 is 4. The van der Waals surface area contributed by atoms with Gasteiger partial charge >= 0.3 is 23.9 Å². The number of rotatable bonds is 8. The molecular formula is C25H32N4O12. The molecule has 16 nitrogen and oxygen atoms in total. The summed E-state index contributed by atoms with van der Waals surface area (Å²) in [4.78, 5) is 109. The molecule has 0 aromatic carbocycles. The number of hydrogen-bond acceptors (Lipinski definition) is 12. The van der Waals surface area contributed by atoms with Crippen molar-refractivity contribution in [2.45, 2.75) is 31.6 Å². The van der Waals surface area contributed by atoms with Crippen LogP contribution in [0, 0.1) is 23.7 Å². The van der Waals surface area contributed by atoms with Gasteiger partial charge in [0.15, 0.2) is 0 Å². The lowest BCUT2D eigenvalue weighted by molar-refractivity contribution is -0.232. The monoisotopic (exact) mass is 580 g/mol. The molecule has 0 bridgehead atoms. The summed E-state index contributed by atoms with van der Waals surface area (Å²) in [7, 11) is 4.57. The molecule has 4 heterocycles. The highest BCUT2D eigenvalue weighted by atomic mass is 16.5. The van der Waals surface area contributed by atoms with Gasteiger partial charge in [-0.25, -0.2) is 0 Å². The third-order valence-corrected chi connectivity index (χ3v) is 8.09. The van der Waals surface area contributed by atoms with Gasteiger partial charge in [-0.05, 0) is 0 Å². The Morgan fingerprint density at radius 2 is 0.683 bits per heavy atom. The van der Waals surface area contributed by atoms with Crippen LogP contribution in [0.2, 0.25) is 0 Å². The van der Waals surface area contributed by atoms with Crippen LogP contribution < -0.4 is 0 Å². The van der Waals surface area contributed by atoms with E-state index in [9.17, 15) is 38.4 Å². The van der Waals surface area contributed by atoms with Crippen molar-refractivity contribution in [3.63, 3.8) is 0 Å². The first kappa shape index (κ1) is 29.7. The molecule has 4 saturated heterocycles. The van der Waals surface area contributed by atoms with E-state index < -0.39 is 77.1 Å². The van der Waals surface area contributed by atoms with E-state index in [1.807, 2.05) is 0 Å². The molecular weight excluding hydrogens is 548 g/mol. The summed E-state index contributed by atoms with van der Waals surface area (Å²) in [6.07, 6.45) is -1.44. The number of nitrogens with zero attached hydrogens (tertiary/aromatic N) is 4. The van der Waals surface area contributed by atoms with E-state index in [1.54, 1.807) is 0 Å². The molecule has 4 unspecified atom stereocenters. The van der Waals surface area contributed by atoms with Crippen LogP contribution in [-0.4, -0.2) is 128 Å². The fourth-order valence-corrected chi connectivity index (χ4v) is 6.16. The molecule has 0 spiro atoms. The van der Waals surface area contributed by atoms with Crippen molar-refractivity contribution in [1.29, 1.82) is 0 Å². The maximum absolute atomic E-state index is 13.7. The summed E-state index contributed by atoms with van der Waals surface area (Å²) >= 11 is 0. The average molecular weight is 581 g/mol. The first-order valence-electron chi connectivity index (χ1n) is 13.0. The van der Waals surface area contributed by atoms with Crippen LogP contribution in [0.5, 0.6) is 0 Å². The first-order chi connectivity index (χ1) is 19.4. The van der Waals surface area contributed by atoms with Crippen molar-refractivity contribution in [2.24, 2.45) is 23.7 Å². The smallest absolute Gasteiger partial charge is 0.310 e. The van der Waals surface area contributed by atoms with Crippen molar-refractivity contribution in [1.82, 2.24) is 19.6 Å². The van der Waals surface area contributed by atoms with Gasteiger partial charge in [0.2, 0.25) is 23.6 Å². The van der Waals surface area contributed by atoms with Gasteiger partial charge in [-0.3, -0.25) is 58.0 Å². The highest BCUT2D eigenvalue weighted by molar-refractivity contribution is 5.95. The summed E-state index contributed by atoms with van der Waals surface area (Å²) in [6, 6.07) is 0. The summed E-state index contributed by atoms with van der Waals surface area (Å²) in [5.74, 6) is -12.1. The second-order valence-corrected chi connectivity index (χ2v) is 10.3. The van der Waals surface area contributed by atoms with Crippen LogP contribution in [0.15, 0.2) is 0 Å². The molecule has 4 atom stereocenters. The van der Waals surface area contributed by atoms with E-state index >= 15 is 0 Å². The van der Waals surface area contributed by atoms with E-state index in [-0.39, 0.29) is 51.9 Å². The quantitative estimate of drug-likeness (QED) is 0.221. The lowest BCUT2D eigenvalue weighted by Crippen LogP contribution is -2.79. The molecule has 4 aliphatic rings. The second-order valence-electron chi connectivity index (χ2n) is 10.3. The van der Waals surface area contributed by atoms with Crippen molar-refractivity contribution in [3.05, 3.63) is 0 Å². The largest absolute Gasteiger partial charge is 0.469 e. The van der Waals surface area contributed by atoms with Crippen LogP contribution in [0.3, 0.4) is 0 Å². The summed E-state index contributed by atoms with van der Waals surface area (Å²) in [5.41, 5.74) is 0. The fourth-order valence-electron chi connectivity index (χ4n) is 6.16. The Kier molecular flexibility index (Phi) is 8.22. The van der Waals surface area contributed by atoms with Crippen molar-refractivity contribution in [2.75, 3.05) is 54.6 Å². The van der Waals surface area contributed by atoms with Crippen molar-refractivity contribution in [3.8, 4) is 0 Å². The Labute approximate surface area is 234 Å². The number of amides is 4. The molecule has 224 valence electrons. The predicted octanol–water partition coefficient (Wildman–Crippen LogP) is -2.32. The predicted molar refractivity (Wildman–Crippen MR) is 130 cm³/mol. The Morgan fingerprint density at radius 3 is 0.854 bits per heavy atom. The second kappa shape index (κ2) is 11.3. The van der Waals surface area contributed by atoms with Crippen LogP contribution in [0.1, 0.15) is 25.7 Å². The van der Waals surface area contributed by atoms with Gasteiger partial charge in [0.1, 0.15) is 0 Å². The molecule has 0 aliphatic carbocycles. The zero-order chi connectivity index (χ0) is 30.2. The molecule has 4 fully saturated rings. The highest BCUT2D eigenvalue weighted by Gasteiger charge is 2.66. The third kappa shape index (κ3) is 4.84. The van der Waals surface area contributed by atoms with Crippen LogP contribution in [0.25, 0.3) is 0 Å². The normalized spacial score (nSPS) is 27.8. The maximum atomic E-state index is 13.7. The topological polar surface area (TPSA) is 186 Å². The number of likely N-dealkylation sites (tertiary alicyclic amines) is 4. The van der Waals surface area contributed by atoms with Crippen LogP contribution >= 0.6 is 0 Å². The molecule has 4 rings (SSSR count). The summed E-state index contributed by atoms with van der Waals surface area (Å²) in [6.45, 7) is -1.45. The van der Waals surface area contributed by atoms with E-state index in [0.29, 0.717) is 0 Å². The minimum absolute atomic E-state index is 0.359. The SMILES string of the molecule is COC(=O)C1CC(=O)N(C(N2CC(C(=O)OC)CC2=O)(N2CC(C(=O)OC)CC2=O)N2CC(C(=O)OC)CC2=O)C1. The zero-order valence-electron chi connectivity index (χ0n) is 23.2. The van der Waals surface area contributed by atoms with Crippen molar-refractivity contribution < 1.29 is 57.3 Å². The van der Waals surface area contributed by atoms with Gasteiger partial charge in [0, 0.05) is 51.9 Å². The molecule has 0 radical (unpaired) electrons. The Hall–Kier alpha value is -4.24. The first-order valence-corrected chi connectivity index (χ1v) is 13.0. The van der Waals surface area contributed by atoms with Gasteiger partial charge in [0.25, 0.3) is 5.91 Å². The molecule has 41 heavy (non-hydrogen) atoms.